The van der Waals surface area contributed by atoms with Crippen molar-refractivity contribution in [2.24, 2.45) is 24.0 Å². The second-order valence-electron chi connectivity index (χ2n) is 8.75. The predicted octanol–water partition coefficient (Wildman–Crippen LogP) is 2.53. The van der Waals surface area contributed by atoms with E-state index in [-0.39, 0.29) is 12.0 Å². The van der Waals surface area contributed by atoms with Crippen LogP contribution in [0.3, 0.4) is 0 Å². The molecule has 3 atom stereocenters. The smallest absolute Gasteiger partial charge is 0.207 e. The number of fused-ring (bicyclic) bond motifs is 1. The second kappa shape index (κ2) is 10.7. The summed E-state index contributed by atoms with van der Waals surface area (Å²) >= 11 is 0. The molecule has 9 nitrogen and oxygen atoms in total. The van der Waals surface area contributed by atoms with Gasteiger partial charge in [-0.3, -0.25) is 14.9 Å². The molecule has 1 aliphatic carbocycles. The number of carbonyl (C=O) groups excluding carboxylic acids is 1. The lowest BCUT2D eigenvalue weighted by atomic mass is 9.98. The molecule has 0 aromatic carbocycles. The van der Waals surface area contributed by atoms with Crippen LogP contribution in [0.25, 0.3) is 5.57 Å². The topological polar surface area (TPSA) is 102 Å². The summed E-state index contributed by atoms with van der Waals surface area (Å²) in [5.74, 6) is 1.87. The first-order valence-corrected chi connectivity index (χ1v) is 11.0. The number of aromatic nitrogens is 2. The molecule has 1 aromatic rings. The number of carbonyl (C=O) groups is 1. The van der Waals surface area contributed by atoms with Crippen molar-refractivity contribution in [3.05, 3.63) is 61.4 Å². The van der Waals surface area contributed by atoms with E-state index >= 15 is 0 Å². The zero-order valence-corrected chi connectivity index (χ0v) is 19.3. The molecule has 0 spiro atoms. The Bertz CT molecular complexity index is 984. The Morgan fingerprint density at radius 1 is 1.42 bits per heavy atom. The van der Waals surface area contributed by atoms with E-state index in [2.05, 4.69) is 52.0 Å². The molecular weight excluding hydrogens is 416 g/mol. The Kier molecular flexibility index (Phi) is 7.72. The lowest BCUT2D eigenvalue weighted by Gasteiger charge is -2.30. The Morgan fingerprint density at radius 2 is 2.15 bits per heavy atom. The van der Waals surface area contributed by atoms with Crippen LogP contribution in [0.5, 0.6) is 0 Å². The third-order valence-electron chi connectivity index (χ3n) is 6.16. The number of hydrogen-bond acceptors (Lipinski definition) is 7. The molecule has 9 heteroatoms. The number of nitriles is 1. The molecule has 1 aliphatic heterocycles. The number of amides is 1. The van der Waals surface area contributed by atoms with Gasteiger partial charge in [-0.25, -0.2) is 0 Å². The molecule has 0 radical (unpaired) electrons. The number of nitrogens with zero attached hydrogens (tertiary/aromatic N) is 6. The van der Waals surface area contributed by atoms with E-state index in [1.165, 1.54) is 0 Å². The minimum absolute atomic E-state index is 0.127. The number of likely N-dealkylation sites (tertiary alicyclic amines) is 1. The van der Waals surface area contributed by atoms with Crippen LogP contribution in [0.2, 0.25) is 0 Å². The molecular formula is C24H32N8O. The average molecular weight is 449 g/mol. The van der Waals surface area contributed by atoms with Gasteiger partial charge >= 0.3 is 0 Å². The fourth-order valence-electron chi connectivity index (χ4n) is 4.75. The number of nitrogens with one attached hydrogen (secondary N) is 2. The van der Waals surface area contributed by atoms with Gasteiger partial charge in [0.1, 0.15) is 5.82 Å². The quantitative estimate of drug-likeness (QED) is 0.233. The van der Waals surface area contributed by atoms with E-state index < -0.39 is 0 Å². The molecule has 33 heavy (non-hydrogen) atoms. The van der Waals surface area contributed by atoms with E-state index in [1.807, 2.05) is 25.5 Å². The first kappa shape index (κ1) is 23.9. The zero-order valence-electron chi connectivity index (χ0n) is 19.3. The molecule has 0 bridgehead atoms. The Balaban J connectivity index is 1.78. The van der Waals surface area contributed by atoms with E-state index in [0.717, 1.165) is 49.3 Å². The maximum Gasteiger partial charge on any atom is 0.207 e. The van der Waals surface area contributed by atoms with E-state index in [9.17, 15) is 4.79 Å². The van der Waals surface area contributed by atoms with E-state index in [0.29, 0.717) is 11.8 Å². The average Bonchev–Trinajstić information content (AvgIpc) is 3.44. The first-order valence-electron chi connectivity index (χ1n) is 11.0. The third kappa shape index (κ3) is 5.92. The van der Waals surface area contributed by atoms with Gasteiger partial charge in [-0.2, -0.15) is 20.6 Å². The summed E-state index contributed by atoms with van der Waals surface area (Å²) in [7, 11) is 1.86. The molecule has 2 heterocycles. The number of hydrazine groups is 1. The van der Waals surface area contributed by atoms with Gasteiger partial charge in [0.25, 0.3) is 0 Å². The fraction of sp³-hybridized carbons (Fsp3) is 0.417. The minimum atomic E-state index is -0.127. The van der Waals surface area contributed by atoms with Crippen LogP contribution in [0.4, 0.5) is 0 Å². The normalized spacial score (nSPS) is 24.9. The molecule has 1 saturated carbocycles. The van der Waals surface area contributed by atoms with Crippen LogP contribution in [-0.4, -0.2) is 51.1 Å². The summed E-state index contributed by atoms with van der Waals surface area (Å²) in [6.45, 7) is 11.7. The minimum Gasteiger partial charge on any atom is -0.356 e. The Hall–Kier alpha value is -3.80. The molecule has 1 saturated heterocycles. The monoisotopic (exact) mass is 448 g/mol. The van der Waals surface area contributed by atoms with Crippen molar-refractivity contribution in [3.63, 3.8) is 0 Å². The van der Waals surface area contributed by atoms with Crippen LogP contribution in [0, 0.1) is 23.2 Å². The number of hydrogen-bond donors (Lipinski definition) is 2. The summed E-state index contributed by atoms with van der Waals surface area (Å²) in [5.41, 5.74) is 4.96. The van der Waals surface area contributed by atoms with Crippen molar-refractivity contribution in [2.45, 2.75) is 31.7 Å². The van der Waals surface area contributed by atoms with E-state index in [4.69, 9.17) is 5.26 Å². The Labute approximate surface area is 195 Å². The van der Waals surface area contributed by atoms with Gasteiger partial charge in [0, 0.05) is 49.2 Å². The largest absolute Gasteiger partial charge is 0.356 e. The molecule has 2 N–H and O–H groups in total. The summed E-state index contributed by atoms with van der Waals surface area (Å²) < 4.78 is 1.72. The summed E-state index contributed by atoms with van der Waals surface area (Å²) in [6, 6.07) is 2.07. The maximum absolute atomic E-state index is 11.0. The lowest BCUT2D eigenvalue weighted by molar-refractivity contribution is -0.111. The van der Waals surface area contributed by atoms with Gasteiger partial charge in [-0.1, -0.05) is 25.3 Å². The maximum atomic E-state index is 11.0. The number of aryl methyl sites for hydroxylation is 1. The third-order valence-corrected chi connectivity index (χ3v) is 6.16. The van der Waals surface area contributed by atoms with Gasteiger partial charge in [-0.15, -0.1) is 0 Å². The molecule has 2 aliphatic rings. The SMILES string of the molecule is C=C/C=C(\NN(/C=C(\C=C)c1cnn(C)c1)/N=C\CC#N)N1C[C@@H]2CC(C)(NC=O)C[C@@H]2C1. The van der Waals surface area contributed by atoms with Crippen LogP contribution >= 0.6 is 0 Å². The standard InChI is InChI=1S/C24H32N8O/c1-5-8-23(31-15-20-11-24(3,26-18-33)12-21(20)16-31)29-32(27-10-7-9-25)17-19(6-2)22-13-28-30(4)14-22/h5-6,8,10,13-14,17-18,20-21,29H,1-2,7,11-12,15-16H2,3-4H3,(H,26,33)/b19-17+,23-8+,27-10-/t20-,21+,24?. The molecule has 1 amide bonds. The fourth-order valence-corrected chi connectivity index (χ4v) is 4.75. The predicted molar refractivity (Wildman–Crippen MR) is 129 cm³/mol. The molecule has 1 aromatic heterocycles. The highest BCUT2D eigenvalue weighted by Gasteiger charge is 2.47. The van der Waals surface area contributed by atoms with Crippen LogP contribution in [0.1, 0.15) is 31.7 Å². The van der Waals surface area contributed by atoms with Crippen molar-refractivity contribution in [1.29, 1.82) is 5.26 Å². The molecule has 1 unspecified atom stereocenters. The summed E-state index contributed by atoms with van der Waals surface area (Å²) in [5, 5.41) is 22.2. The van der Waals surface area contributed by atoms with Crippen molar-refractivity contribution < 1.29 is 4.79 Å². The summed E-state index contributed by atoms with van der Waals surface area (Å²) in [6.07, 6.45) is 15.3. The molecule has 2 fully saturated rings. The lowest BCUT2D eigenvalue weighted by Crippen LogP contribution is -2.42. The highest BCUT2D eigenvalue weighted by atomic mass is 16.1. The molecule has 174 valence electrons. The number of allylic oxidation sites excluding steroid dienone is 4. The zero-order chi connectivity index (χ0) is 23.8. The van der Waals surface area contributed by atoms with Gasteiger partial charge in [0.2, 0.25) is 6.41 Å². The second-order valence-corrected chi connectivity index (χ2v) is 8.75. The number of hydrazone groups is 1. The van der Waals surface area contributed by atoms with Crippen LogP contribution in [-0.2, 0) is 11.8 Å². The summed E-state index contributed by atoms with van der Waals surface area (Å²) in [4.78, 5) is 13.3. The van der Waals surface area contributed by atoms with Gasteiger partial charge in [0.15, 0.2) is 0 Å². The highest BCUT2D eigenvalue weighted by Crippen LogP contribution is 2.44. The van der Waals surface area contributed by atoms with Crippen molar-refractivity contribution in [2.75, 3.05) is 13.1 Å². The Morgan fingerprint density at radius 3 is 2.70 bits per heavy atom. The van der Waals surface area contributed by atoms with Crippen LogP contribution in [0.15, 0.2) is 60.9 Å². The van der Waals surface area contributed by atoms with E-state index in [1.54, 1.807) is 34.4 Å². The van der Waals surface area contributed by atoms with Crippen molar-refractivity contribution >= 4 is 18.2 Å². The van der Waals surface area contributed by atoms with Gasteiger partial charge in [0.05, 0.1) is 24.9 Å². The molecule has 3 rings (SSSR count). The highest BCUT2D eigenvalue weighted by molar-refractivity contribution is 5.72. The number of rotatable bonds is 11. The van der Waals surface area contributed by atoms with Crippen LogP contribution < -0.4 is 10.7 Å². The van der Waals surface area contributed by atoms with Crippen molar-refractivity contribution in [1.82, 2.24) is 30.5 Å². The van der Waals surface area contributed by atoms with Gasteiger partial charge in [-0.05, 0) is 37.7 Å². The van der Waals surface area contributed by atoms with Gasteiger partial charge < -0.3 is 10.2 Å². The van der Waals surface area contributed by atoms with Crippen molar-refractivity contribution in [3.8, 4) is 6.07 Å². The first-order chi connectivity index (χ1) is 15.9.